The molecule has 1 atom stereocenters. The summed E-state index contributed by atoms with van der Waals surface area (Å²) < 4.78 is 9.64. The molecule has 0 bridgehead atoms. The van der Waals surface area contributed by atoms with E-state index in [0.29, 0.717) is 0 Å². The van der Waals surface area contributed by atoms with Gasteiger partial charge in [-0.05, 0) is 5.56 Å². The van der Waals surface area contributed by atoms with Crippen LogP contribution in [0.3, 0.4) is 0 Å². The van der Waals surface area contributed by atoms with Gasteiger partial charge >= 0.3 is 5.97 Å². The van der Waals surface area contributed by atoms with E-state index in [4.69, 9.17) is 10.5 Å². The van der Waals surface area contributed by atoms with Gasteiger partial charge in [-0.25, -0.2) is 0 Å². The van der Waals surface area contributed by atoms with Crippen LogP contribution in [0, 0.1) is 0 Å². The van der Waals surface area contributed by atoms with Gasteiger partial charge in [0.2, 0.25) is 11.8 Å². The molecule has 3 N–H and O–H groups in total. The van der Waals surface area contributed by atoms with E-state index < -0.39 is 23.8 Å². The van der Waals surface area contributed by atoms with Crippen LogP contribution in [-0.2, 0) is 30.5 Å². The third-order valence-corrected chi connectivity index (χ3v) is 2.57. The number of carbonyl (C=O) groups excluding carboxylic acids is 3. The van der Waals surface area contributed by atoms with Crippen molar-refractivity contribution >= 4 is 17.8 Å². The Hall–Kier alpha value is -2.41. The first-order valence-corrected chi connectivity index (χ1v) is 6.30. The lowest BCUT2D eigenvalue weighted by Gasteiger charge is -2.14. The van der Waals surface area contributed by atoms with E-state index in [0.717, 1.165) is 5.56 Å². The molecule has 0 heterocycles. The van der Waals surface area contributed by atoms with Gasteiger partial charge in [0.25, 0.3) is 0 Å². The van der Waals surface area contributed by atoms with Crippen LogP contribution in [-0.4, -0.2) is 37.5 Å². The fourth-order valence-corrected chi connectivity index (χ4v) is 1.55. The number of primary amides is 1. The molecule has 7 nitrogen and oxygen atoms in total. The molecule has 1 aromatic carbocycles. The summed E-state index contributed by atoms with van der Waals surface area (Å²) in [4.78, 5) is 34.2. The van der Waals surface area contributed by atoms with E-state index >= 15 is 0 Å². The highest BCUT2D eigenvalue weighted by molar-refractivity contribution is 5.90. The summed E-state index contributed by atoms with van der Waals surface area (Å²) in [5.74, 6) is -1.96. The second-order valence-electron chi connectivity index (χ2n) is 4.31. The molecule has 1 aromatic rings. The summed E-state index contributed by atoms with van der Waals surface area (Å²) in [6.45, 7) is -0.125. The number of nitrogens with two attached hydrogens (primary N) is 1. The molecule has 0 aliphatic rings. The zero-order valence-electron chi connectivity index (χ0n) is 11.7. The van der Waals surface area contributed by atoms with Crippen LogP contribution in [0.25, 0.3) is 0 Å². The molecule has 2 amide bonds. The first-order valence-electron chi connectivity index (χ1n) is 6.30. The summed E-state index contributed by atoms with van der Waals surface area (Å²) in [5, 5.41) is 2.31. The molecule has 1 rings (SSSR count). The lowest BCUT2D eigenvalue weighted by atomic mass is 10.2. The van der Waals surface area contributed by atoms with E-state index in [9.17, 15) is 14.4 Å². The molecule has 21 heavy (non-hydrogen) atoms. The maximum Gasteiger partial charge on any atom is 0.308 e. The molecule has 0 fully saturated rings. The van der Waals surface area contributed by atoms with E-state index in [-0.39, 0.29) is 19.6 Å². The summed E-state index contributed by atoms with van der Waals surface area (Å²) >= 11 is 0. The van der Waals surface area contributed by atoms with Crippen molar-refractivity contribution in [2.45, 2.75) is 19.1 Å². The normalized spacial score (nSPS) is 11.5. The molecular weight excluding hydrogens is 276 g/mol. The summed E-state index contributed by atoms with van der Waals surface area (Å²) in [5.41, 5.74) is 5.96. The maximum atomic E-state index is 11.7. The molecule has 0 spiro atoms. The molecule has 0 unspecified atom stereocenters. The average Bonchev–Trinajstić information content (AvgIpc) is 2.45. The quantitative estimate of drug-likeness (QED) is 0.642. The Morgan fingerprint density at radius 2 is 1.90 bits per heavy atom. The number of amides is 2. The van der Waals surface area contributed by atoms with Gasteiger partial charge < -0.3 is 20.5 Å². The third kappa shape index (κ3) is 6.53. The van der Waals surface area contributed by atoms with Crippen molar-refractivity contribution in [3.05, 3.63) is 35.9 Å². The Morgan fingerprint density at radius 1 is 1.24 bits per heavy atom. The van der Waals surface area contributed by atoms with Gasteiger partial charge in [-0.15, -0.1) is 0 Å². The first-order chi connectivity index (χ1) is 10.0. The fraction of sp³-hybridized carbons (Fsp3) is 0.357. The number of nitrogens with one attached hydrogen (secondary N) is 1. The molecule has 0 saturated heterocycles. The predicted octanol–water partition coefficient (Wildman–Crippen LogP) is -0.264. The third-order valence-electron chi connectivity index (χ3n) is 2.57. The van der Waals surface area contributed by atoms with Crippen LogP contribution in [0.2, 0.25) is 0 Å². The zero-order valence-corrected chi connectivity index (χ0v) is 11.7. The second-order valence-corrected chi connectivity index (χ2v) is 4.31. The highest BCUT2D eigenvalue weighted by Crippen LogP contribution is 2.03. The van der Waals surface area contributed by atoms with Crippen LogP contribution in [0.15, 0.2) is 30.3 Å². The van der Waals surface area contributed by atoms with Gasteiger partial charge in [-0.1, -0.05) is 30.3 Å². The molecular formula is C14H18N2O5. The Bertz CT molecular complexity index is 489. The SMILES string of the molecule is COCC(=O)N[C@H](CC(=O)OCc1ccccc1)C(N)=O. The number of benzene rings is 1. The number of rotatable bonds is 8. The zero-order chi connectivity index (χ0) is 15.7. The van der Waals surface area contributed by atoms with E-state index in [1.54, 1.807) is 12.1 Å². The Labute approximate surface area is 122 Å². The minimum Gasteiger partial charge on any atom is -0.461 e. The van der Waals surface area contributed by atoms with Crippen molar-refractivity contribution < 1.29 is 23.9 Å². The average molecular weight is 294 g/mol. The highest BCUT2D eigenvalue weighted by atomic mass is 16.5. The number of hydrogen-bond donors (Lipinski definition) is 2. The molecule has 0 radical (unpaired) electrons. The monoisotopic (exact) mass is 294 g/mol. The second kappa shape index (κ2) is 8.70. The molecule has 114 valence electrons. The standard InChI is InChI=1S/C14H18N2O5/c1-20-9-12(17)16-11(14(15)19)7-13(18)21-8-10-5-3-2-4-6-10/h2-6,11H,7-9H2,1H3,(H2,15,19)(H,16,17)/t11-/m1/s1. The molecule has 0 aliphatic carbocycles. The largest absolute Gasteiger partial charge is 0.461 e. The number of esters is 1. The summed E-state index contributed by atoms with van der Waals surface area (Å²) in [6.07, 6.45) is -0.322. The molecule has 0 aliphatic heterocycles. The van der Waals surface area contributed by atoms with Crippen LogP contribution < -0.4 is 11.1 Å². The topological polar surface area (TPSA) is 108 Å². The molecule has 0 aromatic heterocycles. The number of hydrogen-bond acceptors (Lipinski definition) is 5. The van der Waals surface area contributed by atoms with Crippen molar-refractivity contribution in [3.63, 3.8) is 0 Å². The Kier molecular flexibility index (Phi) is 6.90. The lowest BCUT2D eigenvalue weighted by molar-refractivity contribution is -0.147. The van der Waals surface area contributed by atoms with Crippen molar-refractivity contribution in [2.24, 2.45) is 5.73 Å². The smallest absolute Gasteiger partial charge is 0.308 e. The molecule has 0 saturated carbocycles. The van der Waals surface area contributed by atoms with E-state index in [2.05, 4.69) is 10.1 Å². The van der Waals surface area contributed by atoms with Crippen LogP contribution in [0.5, 0.6) is 0 Å². The van der Waals surface area contributed by atoms with Gasteiger partial charge in [-0.2, -0.15) is 0 Å². The van der Waals surface area contributed by atoms with E-state index in [1.807, 2.05) is 18.2 Å². The number of ether oxygens (including phenoxy) is 2. The minimum atomic E-state index is -1.11. The minimum absolute atomic E-state index is 0.0944. The number of methoxy groups -OCH3 is 1. The summed E-state index contributed by atoms with van der Waals surface area (Å²) in [6, 6.07) is 7.98. The maximum absolute atomic E-state index is 11.7. The molecule has 7 heteroatoms. The van der Waals surface area contributed by atoms with Crippen LogP contribution in [0.4, 0.5) is 0 Å². The highest BCUT2D eigenvalue weighted by Gasteiger charge is 2.22. The number of carbonyl (C=O) groups is 3. The fourth-order valence-electron chi connectivity index (χ4n) is 1.55. The summed E-state index contributed by atoms with van der Waals surface area (Å²) in [7, 11) is 1.34. The van der Waals surface area contributed by atoms with Gasteiger partial charge in [0.1, 0.15) is 19.3 Å². The van der Waals surface area contributed by atoms with Crippen molar-refractivity contribution in [1.82, 2.24) is 5.32 Å². The van der Waals surface area contributed by atoms with Gasteiger partial charge in [0.15, 0.2) is 0 Å². The van der Waals surface area contributed by atoms with Crippen LogP contribution >= 0.6 is 0 Å². The van der Waals surface area contributed by atoms with Crippen LogP contribution in [0.1, 0.15) is 12.0 Å². The van der Waals surface area contributed by atoms with Gasteiger partial charge in [-0.3, -0.25) is 14.4 Å². The van der Waals surface area contributed by atoms with Crippen molar-refractivity contribution in [3.8, 4) is 0 Å². The van der Waals surface area contributed by atoms with Gasteiger partial charge in [0, 0.05) is 7.11 Å². The predicted molar refractivity (Wildman–Crippen MR) is 73.9 cm³/mol. The van der Waals surface area contributed by atoms with Gasteiger partial charge in [0.05, 0.1) is 6.42 Å². The van der Waals surface area contributed by atoms with Crippen molar-refractivity contribution in [2.75, 3.05) is 13.7 Å². The Balaban J connectivity index is 2.45. The van der Waals surface area contributed by atoms with E-state index in [1.165, 1.54) is 7.11 Å². The first kappa shape index (κ1) is 16.6. The van der Waals surface area contributed by atoms with Crippen molar-refractivity contribution in [1.29, 1.82) is 0 Å². The lowest BCUT2D eigenvalue weighted by Crippen LogP contribution is -2.47. The Morgan fingerprint density at radius 3 is 2.48 bits per heavy atom.